The number of hydrogen-bond donors (Lipinski definition) is 1. The molecule has 2 aromatic carbocycles. The second-order valence-electron chi connectivity index (χ2n) is 6.18. The summed E-state index contributed by atoms with van der Waals surface area (Å²) in [6.07, 6.45) is 2.00. The number of nitrogens with zero attached hydrogens (tertiary/aromatic N) is 1. The molecule has 0 radical (unpaired) electrons. The number of hydrogen-bond acceptors (Lipinski definition) is 4. The molecule has 0 aliphatic carbocycles. The van der Waals surface area contributed by atoms with E-state index >= 15 is 0 Å². The van der Waals surface area contributed by atoms with Crippen molar-refractivity contribution in [1.82, 2.24) is 0 Å². The maximum Gasteiger partial charge on any atom is 0.219 e. The molecule has 0 fully saturated rings. The number of aryl methyl sites for hydroxylation is 1. The molecule has 4 rings (SSSR count). The van der Waals surface area contributed by atoms with Gasteiger partial charge in [0.1, 0.15) is 0 Å². The number of halogens is 1. The second-order valence-corrected chi connectivity index (χ2v) is 6.18. The monoisotopic (exact) mass is 429 g/mol. The number of aromatic nitrogens is 1. The van der Waals surface area contributed by atoms with Crippen LogP contribution in [-0.4, -0.2) is 26.4 Å². The molecule has 27 heavy (non-hydrogen) atoms. The first-order valence-corrected chi connectivity index (χ1v) is 8.28. The Bertz CT molecular complexity index is 1170. The molecule has 6 heteroatoms. The number of methoxy groups -OCH3 is 3. The Balaban J connectivity index is 0.00000210. The zero-order valence-corrected chi connectivity index (χ0v) is 17.1. The molecule has 0 saturated heterocycles. The number of aromatic hydroxyl groups is 1. The van der Waals surface area contributed by atoms with Gasteiger partial charge in [0.2, 0.25) is 5.52 Å². The van der Waals surface area contributed by atoms with Crippen molar-refractivity contribution in [3.05, 3.63) is 48.3 Å². The van der Waals surface area contributed by atoms with Gasteiger partial charge in [0.25, 0.3) is 0 Å². The molecule has 2 heterocycles. The summed E-state index contributed by atoms with van der Waals surface area (Å²) in [6, 6.07) is 11.8. The van der Waals surface area contributed by atoms with Crippen molar-refractivity contribution in [2.24, 2.45) is 0 Å². The fourth-order valence-corrected chi connectivity index (χ4v) is 3.58. The number of rotatable bonds is 3. The number of ether oxygens (including phenoxy) is 3. The minimum atomic E-state index is 0. The first kappa shape index (κ1) is 19.0. The number of benzene rings is 2. The smallest absolute Gasteiger partial charge is 0.219 e. The fraction of sp³-hybridized carbons (Fsp3) is 0.190. The SMILES string of the molecule is COc1cc2cc[n+]3c(C)c4c(O)c(OC)ccc4cc3c2cc1OC.[Br-]. The molecule has 0 aliphatic heterocycles. The summed E-state index contributed by atoms with van der Waals surface area (Å²) in [5.74, 6) is 2.00. The van der Waals surface area contributed by atoms with E-state index < -0.39 is 0 Å². The third-order valence-corrected chi connectivity index (χ3v) is 4.90. The maximum atomic E-state index is 10.6. The number of phenolic OH excluding ortho intramolecular Hbond substituents is 1. The highest BCUT2D eigenvalue weighted by Gasteiger charge is 2.20. The Hall–Kier alpha value is -2.73. The predicted molar refractivity (Wildman–Crippen MR) is 101 cm³/mol. The Morgan fingerprint density at radius 1 is 0.815 bits per heavy atom. The topological polar surface area (TPSA) is 52.0 Å². The highest BCUT2D eigenvalue weighted by atomic mass is 79.9. The second kappa shape index (κ2) is 7.12. The van der Waals surface area contributed by atoms with Crippen molar-refractivity contribution in [2.75, 3.05) is 21.3 Å². The predicted octanol–water partition coefficient (Wildman–Crippen LogP) is 0.776. The summed E-state index contributed by atoms with van der Waals surface area (Å²) < 4.78 is 18.2. The molecule has 5 nitrogen and oxygen atoms in total. The number of phenols is 1. The van der Waals surface area contributed by atoms with Gasteiger partial charge in [-0.15, -0.1) is 0 Å². The van der Waals surface area contributed by atoms with Crippen molar-refractivity contribution in [3.8, 4) is 23.0 Å². The molecular formula is C21H20BrNO4. The van der Waals surface area contributed by atoms with Crippen LogP contribution in [0.25, 0.3) is 27.1 Å². The van der Waals surface area contributed by atoms with Crippen molar-refractivity contribution in [1.29, 1.82) is 0 Å². The fourth-order valence-electron chi connectivity index (χ4n) is 3.58. The van der Waals surface area contributed by atoms with Crippen LogP contribution in [-0.2, 0) is 0 Å². The van der Waals surface area contributed by atoms with E-state index in [0.29, 0.717) is 17.2 Å². The van der Waals surface area contributed by atoms with Crippen molar-refractivity contribution < 1.29 is 40.7 Å². The van der Waals surface area contributed by atoms with Gasteiger partial charge in [-0.2, -0.15) is 4.40 Å². The summed E-state index contributed by atoms with van der Waals surface area (Å²) >= 11 is 0. The molecule has 140 valence electrons. The van der Waals surface area contributed by atoms with Crippen LogP contribution in [0.15, 0.2) is 42.6 Å². The van der Waals surface area contributed by atoms with Gasteiger partial charge in [-0.05, 0) is 35.0 Å². The van der Waals surface area contributed by atoms with E-state index in [0.717, 1.165) is 32.8 Å². The highest BCUT2D eigenvalue weighted by Crippen LogP contribution is 2.38. The Morgan fingerprint density at radius 2 is 1.48 bits per heavy atom. The molecule has 2 aromatic heterocycles. The minimum Gasteiger partial charge on any atom is -1.00 e. The van der Waals surface area contributed by atoms with E-state index in [1.165, 1.54) is 0 Å². The van der Waals surface area contributed by atoms with Crippen LogP contribution in [0.4, 0.5) is 0 Å². The van der Waals surface area contributed by atoms with Gasteiger partial charge in [-0.1, -0.05) is 0 Å². The van der Waals surface area contributed by atoms with Gasteiger partial charge in [-0.25, -0.2) is 0 Å². The van der Waals surface area contributed by atoms with E-state index in [4.69, 9.17) is 14.2 Å². The minimum absolute atomic E-state index is 0. The van der Waals surface area contributed by atoms with E-state index in [1.54, 1.807) is 27.4 Å². The van der Waals surface area contributed by atoms with Crippen molar-refractivity contribution >= 4 is 27.1 Å². The summed E-state index contributed by atoms with van der Waals surface area (Å²) in [7, 11) is 4.82. The lowest BCUT2D eigenvalue weighted by Crippen LogP contribution is -3.00. The molecule has 0 unspecified atom stereocenters. The Morgan fingerprint density at radius 3 is 2.15 bits per heavy atom. The van der Waals surface area contributed by atoms with Crippen LogP contribution in [0.5, 0.6) is 23.0 Å². The highest BCUT2D eigenvalue weighted by molar-refractivity contribution is 6.01. The average molecular weight is 430 g/mol. The standard InChI is InChI=1S/C21H19NO4.BrH/c1-12-20-14(5-6-17(24-2)21(20)23)9-16-15-11-19(26-4)18(25-3)10-13(15)7-8-22(12)16;/h5-11H,1-4H3;1H. The van der Waals surface area contributed by atoms with E-state index in [9.17, 15) is 5.11 Å². The zero-order valence-electron chi connectivity index (χ0n) is 15.5. The molecule has 0 atom stereocenters. The quantitative estimate of drug-likeness (QED) is 0.297. The summed E-state index contributed by atoms with van der Waals surface area (Å²) in [4.78, 5) is 0. The molecule has 0 saturated carbocycles. The summed E-state index contributed by atoms with van der Waals surface area (Å²) in [5, 5.41) is 14.4. The van der Waals surface area contributed by atoms with E-state index in [-0.39, 0.29) is 22.7 Å². The first-order chi connectivity index (χ1) is 12.6. The van der Waals surface area contributed by atoms with Crippen LogP contribution in [0.2, 0.25) is 0 Å². The van der Waals surface area contributed by atoms with Crippen molar-refractivity contribution in [2.45, 2.75) is 6.92 Å². The summed E-state index contributed by atoms with van der Waals surface area (Å²) in [5.41, 5.74) is 1.96. The van der Waals surface area contributed by atoms with E-state index in [1.807, 2.05) is 37.4 Å². The Labute approximate surface area is 167 Å². The molecule has 1 N–H and O–H groups in total. The number of fused-ring (bicyclic) bond motifs is 4. The van der Waals surface area contributed by atoms with Gasteiger partial charge in [-0.3, -0.25) is 0 Å². The first-order valence-electron chi connectivity index (χ1n) is 8.28. The third kappa shape index (κ3) is 2.80. The molecule has 0 spiro atoms. The van der Waals surface area contributed by atoms with Gasteiger partial charge >= 0.3 is 0 Å². The molecule has 0 amide bonds. The van der Waals surface area contributed by atoms with E-state index in [2.05, 4.69) is 10.5 Å². The van der Waals surface area contributed by atoms with Crippen molar-refractivity contribution in [3.63, 3.8) is 0 Å². The Kier molecular flexibility index (Phi) is 5.02. The van der Waals surface area contributed by atoms with Gasteiger partial charge in [0, 0.05) is 19.1 Å². The van der Waals surface area contributed by atoms with Crippen LogP contribution >= 0.6 is 0 Å². The van der Waals surface area contributed by atoms with Crippen LogP contribution in [0.1, 0.15) is 5.69 Å². The van der Waals surface area contributed by atoms with Crippen LogP contribution < -0.4 is 35.6 Å². The zero-order chi connectivity index (χ0) is 18.4. The van der Waals surface area contributed by atoms with Gasteiger partial charge in [0.15, 0.2) is 34.9 Å². The molecule has 0 bridgehead atoms. The van der Waals surface area contributed by atoms with Crippen LogP contribution in [0.3, 0.4) is 0 Å². The third-order valence-electron chi connectivity index (χ3n) is 4.90. The lowest BCUT2D eigenvalue weighted by Gasteiger charge is -2.11. The van der Waals surface area contributed by atoms with Gasteiger partial charge in [0.05, 0.1) is 32.1 Å². The molecule has 4 aromatic rings. The number of pyridine rings is 2. The lowest BCUT2D eigenvalue weighted by atomic mass is 10.0. The van der Waals surface area contributed by atoms with Gasteiger partial charge < -0.3 is 36.3 Å². The summed E-state index contributed by atoms with van der Waals surface area (Å²) in [6.45, 7) is 1.99. The average Bonchev–Trinajstić information content (AvgIpc) is 2.66. The van der Waals surface area contributed by atoms with Crippen LogP contribution in [0, 0.1) is 6.92 Å². The normalized spacial score (nSPS) is 10.8. The maximum absolute atomic E-state index is 10.6. The largest absolute Gasteiger partial charge is 1.00 e. The molecular weight excluding hydrogens is 410 g/mol. The molecule has 0 aliphatic rings. The lowest BCUT2D eigenvalue weighted by molar-refractivity contribution is -0.516.